The van der Waals surface area contributed by atoms with E-state index in [-0.39, 0.29) is 17.6 Å². The van der Waals surface area contributed by atoms with E-state index in [1.54, 1.807) is 11.8 Å². The first kappa shape index (κ1) is 21.3. The van der Waals surface area contributed by atoms with Crippen LogP contribution in [-0.2, 0) is 4.74 Å². The minimum atomic E-state index is 0.0640. The van der Waals surface area contributed by atoms with Crippen LogP contribution in [0.15, 0.2) is 29.4 Å². The summed E-state index contributed by atoms with van der Waals surface area (Å²) in [7, 11) is 1.69. The molecule has 0 saturated carbocycles. The Morgan fingerprint density at radius 2 is 1.97 bits per heavy atom. The minimum Gasteiger partial charge on any atom is -0.383 e. The lowest BCUT2D eigenvalue weighted by Gasteiger charge is -2.17. The number of methoxy groups -OCH3 is 1. The highest BCUT2D eigenvalue weighted by Gasteiger charge is 2.20. The fraction of sp³-hybridized carbons (Fsp3) is 0.429. The summed E-state index contributed by atoms with van der Waals surface area (Å²) in [6, 6.07) is 8.24. The maximum atomic E-state index is 12.9. The number of benzene rings is 1. The number of hydrogen-bond donors (Lipinski definition) is 0. The molecule has 7 nitrogen and oxygen atoms in total. The topological polar surface area (TPSA) is 74.8 Å². The Morgan fingerprint density at radius 3 is 2.66 bits per heavy atom. The van der Waals surface area contributed by atoms with E-state index in [1.165, 1.54) is 17.3 Å². The number of hydrogen-bond acceptors (Lipinski definition) is 6. The lowest BCUT2D eigenvalue weighted by Crippen LogP contribution is -2.15. The van der Waals surface area contributed by atoms with Crippen LogP contribution in [0, 0.1) is 27.7 Å². The van der Waals surface area contributed by atoms with E-state index >= 15 is 0 Å². The van der Waals surface area contributed by atoms with Crippen LogP contribution < -0.4 is 0 Å². The third-order valence-corrected chi connectivity index (χ3v) is 5.91. The Morgan fingerprint density at radius 1 is 1.21 bits per heavy atom. The van der Waals surface area contributed by atoms with Crippen LogP contribution >= 0.6 is 11.8 Å². The lowest BCUT2D eigenvalue weighted by molar-refractivity contribution is 0.102. The average molecular weight is 414 g/mol. The second kappa shape index (κ2) is 8.92. The van der Waals surface area contributed by atoms with Gasteiger partial charge in [-0.15, -0.1) is 5.10 Å². The summed E-state index contributed by atoms with van der Waals surface area (Å²) in [6.45, 7) is 10.8. The Balaban J connectivity index is 1.78. The van der Waals surface area contributed by atoms with Crippen LogP contribution in [0.3, 0.4) is 0 Å². The molecule has 0 unspecified atom stereocenters. The number of carbonyl (C=O) groups excluding carboxylic acids is 1. The highest BCUT2D eigenvalue weighted by molar-refractivity contribution is 7.99. The van der Waals surface area contributed by atoms with Crippen molar-refractivity contribution in [2.24, 2.45) is 0 Å². The van der Waals surface area contributed by atoms with Crippen LogP contribution in [0.25, 0.3) is 5.69 Å². The Kier molecular flexibility index (Phi) is 6.54. The predicted molar refractivity (Wildman–Crippen MR) is 114 cm³/mol. The second-order valence-electron chi connectivity index (χ2n) is 7.33. The van der Waals surface area contributed by atoms with Crippen molar-refractivity contribution in [3.8, 4) is 5.69 Å². The van der Waals surface area contributed by atoms with Gasteiger partial charge < -0.3 is 9.30 Å². The molecule has 1 aromatic carbocycles. The molecule has 0 aliphatic carbocycles. The van der Waals surface area contributed by atoms with Gasteiger partial charge in [0.25, 0.3) is 0 Å². The SMILES string of the molecule is COC[C@H](C)n1c(C)cc(C(=O)CSc2nnnn2-c2ccc(C)cc2C)c1C. The van der Waals surface area contributed by atoms with Crippen LogP contribution in [0.1, 0.15) is 45.8 Å². The third kappa shape index (κ3) is 4.43. The number of aromatic nitrogens is 5. The molecule has 0 spiro atoms. The van der Waals surface area contributed by atoms with Gasteiger partial charge in [0, 0.05) is 24.1 Å². The van der Waals surface area contributed by atoms with Crippen molar-refractivity contribution in [3.05, 3.63) is 52.3 Å². The van der Waals surface area contributed by atoms with Gasteiger partial charge in [0.2, 0.25) is 5.16 Å². The lowest BCUT2D eigenvalue weighted by atomic mass is 10.1. The van der Waals surface area contributed by atoms with E-state index in [0.29, 0.717) is 11.8 Å². The molecule has 0 radical (unpaired) electrons. The molecule has 0 aliphatic rings. The normalized spacial score (nSPS) is 12.3. The van der Waals surface area contributed by atoms with Crippen LogP contribution in [0.5, 0.6) is 0 Å². The Bertz CT molecular complexity index is 1020. The van der Waals surface area contributed by atoms with Crippen LogP contribution in [-0.4, -0.2) is 50.0 Å². The fourth-order valence-electron chi connectivity index (χ4n) is 3.72. The second-order valence-corrected chi connectivity index (χ2v) is 8.28. The highest BCUT2D eigenvalue weighted by atomic mass is 32.2. The molecule has 0 fully saturated rings. The summed E-state index contributed by atoms with van der Waals surface area (Å²) < 4.78 is 9.12. The van der Waals surface area contributed by atoms with Gasteiger partial charge >= 0.3 is 0 Å². The van der Waals surface area contributed by atoms with Crippen LogP contribution in [0.4, 0.5) is 0 Å². The molecular weight excluding hydrogens is 386 g/mol. The monoisotopic (exact) mass is 413 g/mol. The summed E-state index contributed by atoms with van der Waals surface area (Å²) in [4.78, 5) is 12.9. The molecule has 0 amide bonds. The van der Waals surface area contributed by atoms with Crippen molar-refractivity contribution < 1.29 is 9.53 Å². The largest absolute Gasteiger partial charge is 0.383 e. The molecule has 3 aromatic rings. The van der Waals surface area contributed by atoms with Gasteiger partial charge in [-0.1, -0.05) is 29.5 Å². The number of rotatable bonds is 8. The maximum Gasteiger partial charge on any atom is 0.214 e. The van der Waals surface area contributed by atoms with Gasteiger partial charge in [-0.25, -0.2) is 0 Å². The van der Waals surface area contributed by atoms with Gasteiger partial charge in [-0.05, 0) is 62.7 Å². The molecule has 154 valence electrons. The third-order valence-electron chi connectivity index (χ3n) is 4.99. The average Bonchev–Trinajstić information content (AvgIpc) is 3.24. The summed E-state index contributed by atoms with van der Waals surface area (Å²) in [5, 5.41) is 12.6. The fourth-order valence-corrected chi connectivity index (χ4v) is 4.49. The molecule has 0 bridgehead atoms. The zero-order chi connectivity index (χ0) is 21.1. The molecule has 0 aliphatic heterocycles. The molecular formula is C21H27N5O2S. The molecule has 0 N–H and O–H groups in total. The Hall–Kier alpha value is -2.45. The standard InChI is InChI=1S/C21H27N5O2S/c1-13-7-8-19(14(2)9-13)26-21(22-23-24-26)29-12-20(27)18-10-15(3)25(17(18)5)16(4)11-28-6/h7-10,16H,11-12H2,1-6H3/t16-/m0/s1. The van der Waals surface area contributed by atoms with E-state index < -0.39 is 0 Å². The highest BCUT2D eigenvalue weighted by Crippen LogP contribution is 2.25. The van der Waals surface area contributed by atoms with E-state index in [2.05, 4.69) is 40.0 Å². The molecule has 1 atom stereocenters. The first-order valence-electron chi connectivity index (χ1n) is 9.52. The van der Waals surface area contributed by atoms with Gasteiger partial charge in [-0.2, -0.15) is 4.68 Å². The number of thioether (sulfide) groups is 1. The van der Waals surface area contributed by atoms with E-state index in [4.69, 9.17) is 4.74 Å². The summed E-state index contributed by atoms with van der Waals surface area (Å²) >= 11 is 1.35. The molecule has 2 heterocycles. The van der Waals surface area contributed by atoms with E-state index in [1.807, 2.05) is 39.0 Å². The van der Waals surface area contributed by atoms with Gasteiger partial charge in [-0.3, -0.25) is 4.79 Å². The molecule has 3 rings (SSSR count). The summed E-state index contributed by atoms with van der Waals surface area (Å²) in [5.41, 5.74) is 5.95. The van der Waals surface area contributed by atoms with Crippen molar-refractivity contribution in [2.45, 2.75) is 45.8 Å². The zero-order valence-corrected chi connectivity index (χ0v) is 18.6. The maximum absolute atomic E-state index is 12.9. The van der Waals surface area contributed by atoms with Crippen molar-refractivity contribution in [2.75, 3.05) is 19.5 Å². The van der Waals surface area contributed by atoms with E-state index in [9.17, 15) is 4.79 Å². The van der Waals surface area contributed by atoms with E-state index in [0.717, 1.165) is 28.2 Å². The zero-order valence-electron chi connectivity index (χ0n) is 17.8. The number of Topliss-reactive ketones (excluding diaryl/α,β-unsaturated/α-hetero) is 1. The predicted octanol–water partition coefficient (Wildman–Crippen LogP) is 3.88. The number of tetrazole rings is 1. The number of nitrogens with zero attached hydrogens (tertiary/aromatic N) is 5. The quantitative estimate of drug-likeness (QED) is 0.412. The smallest absolute Gasteiger partial charge is 0.214 e. The first-order chi connectivity index (χ1) is 13.8. The van der Waals surface area contributed by atoms with Gasteiger partial charge in [0.05, 0.1) is 24.1 Å². The molecule has 8 heteroatoms. The van der Waals surface area contributed by atoms with Crippen molar-refractivity contribution in [3.63, 3.8) is 0 Å². The van der Waals surface area contributed by atoms with Gasteiger partial charge in [0.1, 0.15) is 0 Å². The number of ketones is 1. The van der Waals surface area contributed by atoms with Crippen molar-refractivity contribution in [1.29, 1.82) is 0 Å². The number of ether oxygens (including phenoxy) is 1. The minimum absolute atomic E-state index is 0.0640. The van der Waals surface area contributed by atoms with Crippen LogP contribution in [0.2, 0.25) is 0 Å². The van der Waals surface area contributed by atoms with Gasteiger partial charge in [0.15, 0.2) is 5.78 Å². The molecule has 2 aromatic heterocycles. The van der Waals surface area contributed by atoms with Crippen molar-refractivity contribution in [1.82, 2.24) is 24.8 Å². The summed E-state index contributed by atoms with van der Waals surface area (Å²) in [6.07, 6.45) is 0. The van der Waals surface area contributed by atoms with Crippen molar-refractivity contribution >= 4 is 17.5 Å². The molecule has 29 heavy (non-hydrogen) atoms. The number of aryl methyl sites for hydroxylation is 3. The first-order valence-corrected chi connectivity index (χ1v) is 10.5. The molecule has 0 saturated heterocycles. The summed E-state index contributed by atoms with van der Waals surface area (Å²) in [5.74, 6) is 0.336. The number of carbonyl (C=O) groups is 1. The Labute approximate surface area is 175 Å².